The van der Waals surface area contributed by atoms with Gasteiger partial charge >= 0.3 is 0 Å². The Hall–Kier alpha value is -1.03. The Morgan fingerprint density at radius 2 is 2.16 bits per heavy atom. The van der Waals surface area contributed by atoms with Gasteiger partial charge in [-0.05, 0) is 23.0 Å². The van der Waals surface area contributed by atoms with E-state index in [-0.39, 0.29) is 12.0 Å². The molecule has 0 saturated carbocycles. The molecule has 19 heavy (non-hydrogen) atoms. The van der Waals surface area contributed by atoms with Gasteiger partial charge in [0.25, 0.3) is 6.43 Å². The van der Waals surface area contributed by atoms with Crippen molar-refractivity contribution in [1.29, 1.82) is 0 Å². The van der Waals surface area contributed by atoms with Crippen LogP contribution in [0.1, 0.15) is 44.0 Å². The van der Waals surface area contributed by atoms with Gasteiger partial charge in [-0.1, -0.05) is 26.8 Å². The maximum Gasteiger partial charge on any atom is 0.251 e. The fourth-order valence-corrected chi connectivity index (χ4v) is 2.41. The van der Waals surface area contributed by atoms with Crippen LogP contribution in [0.5, 0.6) is 0 Å². The van der Waals surface area contributed by atoms with Crippen molar-refractivity contribution in [3.63, 3.8) is 0 Å². The van der Waals surface area contributed by atoms with Crippen molar-refractivity contribution in [1.82, 2.24) is 9.88 Å². The Balaban J connectivity index is 2.20. The van der Waals surface area contributed by atoms with Crippen molar-refractivity contribution in [3.05, 3.63) is 29.1 Å². The number of hydrogen-bond donors (Lipinski definition) is 0. The Bertz CT molecular complexity index is 444. The first-order chi connectivity index (χ1) is 8.92. The summed E-state index contributed by atoms with van der Waals surface area (Å²) in [5.41, 5.74) is 3.48. The van der Waals surface area contributed by atoms with Gasteiger partial charge in [0.05, 0.1) is 6.54 Å². The van der Waals surface area contributed by atoms with E-state index in [1.54, 1.807) is 0 Å². The maximum atomic E-state index is 12.5. The Labute approximate surface area is 113 Å². The largest absolute Gasteiger partial charge is 0.293 e. The topological polar surface area (TPSA) is 16.1 Å². The quantitative estimate of drug-likeness (QED) is 0.832. The molecular formula is C15H22F2N2. The van der Waals surface area contributed by atoms with E-state index >= 15 is 0 Å². The molecule has 0 amide bonds. The van der Waals surface area contributed by atoms with Crippen LogP contribution in [0.2, 0.25) is 0 Å². The first-order valence-corrected chi connectivity index (χ1v) is 6.91. The molecule has 0 fully saturated rings. The highest BCUT2D eigenvalue weighted by Gasteiger charge is 2.24. The predicted octanol–water partition coefficient (Wildman–Crippen LogP) is 3.39. The predicted molar refractivity (Wildman–Crippen MR) is 72.5 cm³/mol. The summed E-state index contributed by atoms with van der Waals surface area (Å²) >= 11 is 0. The molecule has 0 aliphatic carbocycles. The van der Waals surface area contributed by atoms with Crippen LogP contribution < -0.4 is 0 Å². The van der Waals surface area contributed by atoms with E-state index in [0.717, 1.165) is 24.1 Å². The monoisotopic (exact) mass is 268 g/mol. The second-order valence-corrected chi connectivity index (χ2v) is 5.94. The number of alkyl halides is 2. The molecule has 2 nitrogen and oxygen atoms in total. The van der Waals surface area contributed by atoms with Crippen LogP contribution in [-0.4, -0.2) is 29.4 Å². The molecule has 0 bridgehead atoms. The molecule has 0 aromatic carbocycles. The van der Waals surface area contributed by atoms with E-state index < -0.39 is 6.43 Å². The second-order valence-electron chi connectivity index (χ2n) is 5.94. The van der Waals surface area contributed by atoms with Crippen molar-refractivity contribution >= 4 is 0 Å². The van der Waals surface area contributed by atoms with Crippen LogP contribution in [0.3, 0.4) is 0 Å². The third-order valence-corrected chi connectivity index (χ3v) is 4.18. The van der Waals surface area contributed by atoms with Crippen LogP contribution in [0.25, 0.3) is 0 Å². The standard InChI is InChI=1S/C15H22F2N2/c1-4-15(2,3)12-7-11-9-19(10-14(16)17)6-5-13(11)18-8-12/h7-8,14H,4-6,9-10H2,1-3H3. The Morgan fingerprint density at radius 1 is 1.42 bits per heavy atom. The minimum Gasteiger partial charge on any atom is -0.293 e. The molecule has 0 radical (unpaired) electrons. The van der Waals surface area contributed by atoms with Gasteiger partial charge in [0, 0.05) is 31.4 Å². The van der Waals surface area contributed by atoms with E-state index in [4.69, 9.17) is 0 Å². The zero-order chi connectivity index (χ0) is 14.0. The van der Waals surface area contributed by atoms with E-state index in [1.807, 2.05) is 11.1 Å². The molecule has 0 atom stereocenters. The molecule has 106 valence electrons. The lowest BCUT2D eigenvalue weighted by Crippen LogP contribution is -2.35. The van der Waals surface area contributed by atoms with Crippen molar-refractivity contribution in [2.75, 3.05) is 13.1 Å². The third kappa shape index (κ3) is 3.30. The SMILES string of the molecule is CCC(C)(C)c1cnc2c(c1)CN(CC(F)F)CC2. The number of hydrogen-bond acceptors (Lipinski definition) is 2. The highest BCUT2D eigenvalue weighted by Crippen LogP contribution is 2.29. The van der Waals surface area contributed by atoms with Crippen LogP contribution >= 0.6 is 0 Å². The molecule has 0 N–H and O–H groups in total. The summed E-state index contributed by atoms with van der Waals surface area (Å²) in [6, 6.07) is 2.16. The summed E-state index contributed by atoms with van der Waals surface area (Å²) < 4.78 is 24.9. The lowest BCUT2D eigenvalue weighted by Gasteiger charge is -2.30. The van der Waals surface area contributed by atoms with Crippen molar-refractivity contribution in [3.8, 4) is 0 Å². The summed E-state index contributed by atoms with van der Waals surface area (Å²) in [7, 11) is 0. The fraction of sp³-hybridized carbons (Fsp3) is 0.667. The number of aromatic nitrogens is 1. The molecule has 1 aromatic rings. The summed E-state index contributed by atoms with van der Waals surface area (Å²) in [6.07, 6.45) is 1.50. The zero-order valence-corrected chi connectivity index (χ0v) is 11.9. The fourth-order valence-electron chi connectivity index (χ4n) is 2.41. The smallest absolute Gasteiger partial charge is 0.251 e. The van der Waals surface area contributed by atoms with Crippen LogP contribution in [0.15, 0.2) is 12.3 Å². The molecule has 4 heteroatoms. The second kappa shape index (κ2) is 5.53. The van der Waals surface area contributed by atoms with Crippen LogP contribution in [0, 0.1) is 0 Å². The van der Waals surface area contributed by atoms with Gasteiger partial charge in [0.2, 0.25) is 0 Å². The molecule has 0 unspecified atom stereocenters. The highest BCUT2D eigenvalue weighted by atomic mass is 19.3. The highest BCUT2D eigenvalue weighted by molar-refractivity contribution is 5.31. The summed E-state index contributed by atoms with van der Waals surface area (Å²) in [4.78, 5) is 6.35. The minimum atomic E-state index is -2.26. The normalized spacial score (nSPS) is 16.7. The van der Waals surface area contributed by atoms with Gasteiger partial charge in [0.1, 0.15) is 0 Å². The van der Waals surface area contributed by atoms with E-state index in [2.05, 4.69) is 31.8 Å². The molecule has 0 spiro atoms. The molecule has 1 aliphatic heterocycles. The number of rotatable bonds is 4. The molecule has 1 aromatic heterocycles. The van der Waals surface area contributed by atoms with Gasteiger partial charge < -0.3 is 0 Å². The van der Waals surface area contributed by atoms with E-state index in [1.165, 1.54) is 5.56 Å². The van der Waals surface area contributed by atoms with Crippen LogP contribution in [-0.2, 0) is 18.4 Å². The number of pyridine rings is 1. The molecule has 2 heterocycles. The molecular weight excluding hydrogens is 246 g/mol. The average Bonchev–Trinajstić information content (AvgIpc) is 2.37. The number of nitrogens with zero attached hydrogens (tertiary/aromatic N) is 2. The Morgan fingerprint density at radius 3 is 2.79 bits per heavy atom. The third-order valence-electron chi connectivity index (χ3n) is 4.18. The molecule has 2 rings (SSSR count). The van der Waals surface area contributed by atoms with E-state index in [9.17, 15) is 8.78 Å². The summed E-state index contributed by atoms with van der Waals surface area (Å²) in [6.45, 7) is 7.68. The van der Waals surface area contributed by atoms with Gasteiger partial charge in [-0.3, -0.25) is 9.88 Å². The number of fused-ring (bicyclic) bond motifs is 1. The maximum absolute atomic E-state index is 12.5. The molecule has 1 aliphatic rings. The van der Waals surface area contributed by atoms with Gasteiger partial charge in [-0.2, -0.15) is 0 Å². The van der Waals surface area contributed by atoms with E-state index in [0.29, 0.717) is 13.1 Å². The zero-order valence-electron chi connectivity index (χ0n) is 11.9. The van der Waals surface area contributed by atoms with Gasteiger partial charge in [-0.25, -0.2) is 8.78 Å². The first-order valence-electron chi connectivity index (χ1n) is 6.91. The van der Waals surface area contributed by atoms with Crippen molar-refractivity contribution < 1.29 is 8.78 Å². The average molecular weight is 268 g/mol. The molecule has 0 saturated heterocycles. The van der Waals surface area contributed by atoms with Crippen molar-refractivity contribution in [2.45, 2.75) is 52.0 Å². The van der Waals surface area contributed by atoms with Crippen LogP contribution in [0.4, 0.5) is 8.78 Å². The van der Waals surface area contributed by atoms with Gasteiger partial charge in [0.15, 0.2) is 0 Å². The lowest BCUT2D eigenvalue weighted by atomic mass is 9.82. The summed E-state index contributed by atoms with van der Waals surface area (Å²) in [5, 5.41) is 0. The number of halogens is 2. The van der Waals surface area contributed by atoms with Crippen molar-refractivity contribution in [2.24, 2.45) is 0 Å². The first kappa shape index (κ1) is 14.4. The summed E-state index contributed by atoms with van der Waals surface area (Å²) in [5.74, 6) is 0. The minimum absolute atomic E-state index is 0.0903. The Kier molecular flexibility index (Phi) is 4.19. The lowest BCUT2D eigenvalue weighted by molar-refractivity contribution is 0.0816. The van der Waals surface area contributed by atoms with Gasteiger partial charge in [-0.15, -0.1) is 0 Å².